The largest absolute Gasteiger partial charge is 0.492 e. The summed E-state index contributed by atoms with van der Waals surface area (Å²) in [7, 11) is 1.29. The number of aromatic nitrogens is 1. The lowest BCUT2D eigenvalue weighted by atomic mass is 10.0. The maximum Gasteiger partial charge on any atom is 0.262 e. The molecule has 0 aliphatic carbocycles. The average molecular weight is 585 g/mol. The van der Waals surface area contributed by atoms with Crippen LogP contribution >= 0.6 is 23.2 Å². The molecule has 1 amide bonds. The average Bonchev–Trinajstić information content (AvgIpc) is 2.82. The first-order valence-electron chi connectivity index (χ1n) is 12.3. The number of methoxy groups -OCH3 is 1. The van der Waals surface area contributed by atoms with Gasteiger partial charge in [0.15, 0.2) is 11.6 Å². The fourth-order valence-electron chi connectivity index (χ4n) is 5.01. The lowest BCUT2D eigenvalue weighted by Gasteiger charge is -2.38. The highest BCUT2D eigenvalue weighted by Gasteiger charge is 2.31. The second-order valence-corrected chi connectivity index (χ2v) is 10.8. The van der Waals surface area contributed by atoms with Crippen molar-refractivity contribution in [1.82, 2.24) is 15.2 Å². The van der Waals surface area contributed by atoms with Gasteiger partial charge in [0, 0.05) is 54.9 Å². The van der Waals surface area contributed by atoms with E-state index in [0.29, 0.717) is 28.7 Å². The summed E-state index contributed by atoms with van der Waals surface area (Å²) in [6.07, 6.45) is 1.06. The third-order valence-electron chi connectivity index (χ3n) is 6.47. The second-order valence-electron chi connectivity index (χ2n) is 10.00. The van der Waals surface area contributed by atoms with Crippen molar-refractivity contribution >= 4 is 45.7 Å². The zero-order valence-corrected chi connectivity index (χ0v) is 23.4. The molecule has 210 valence electrons. The quantitative estimate of drug-likeness (QED) is 0.398. The minimum atomic E-state index is -3.22. The molecule has 1 aromatic heterocycles. The monoisotopic (exact) mass is 584 g/mol. The Morgan fingerprint density at radius 1 is 1.21 bits per heavy atom. The Morgan fingerprint density at radius 3 is 2.46 bits per heavy atom. The maximum atomic E-state index is 15.7. The van der Waals surface area contributed by atoms with Crippen LogP contribution < -0.4 is 25.7 Å². The standard InChI is InChI=1S/C27H29Cl2F3N4O3/c1-14-10-35(11-15(2)34-14)23-21(30)8-18-22(25(23)39-4)36(13-27(3,31)32)12-19(24(18)37)26(38)33-9-16-5-6-17(28)7-20(16)29/h5-8,12,14-15,34H,9-11,13H2,1-4H3,(H,33,38)/t14-,15+. The van der Waals surface area contributed by atoms with Gasteiger partial charge in [-0.15, -0.1) is 0 Å². The fraction of sp³-hybridized carbons (Fsp3) is 0.407. The molecule has 1 fully saturated rings. The van der Waals surface area contributed by atoms with Gasteiger partial charge in [0.1, 0.15) is 11.3 Å². The minimum Gasteiger partial charge on any atom is -0.492 e. The van der Waals surface area contributed by atoms with Gasteiger partial charge in [-0.1, -0.05) is 29.3 Å². The molecule has 12 heteroatoms. The molecule has 0 spiro atoms. The first kappa shape index (κ1) is 29.0. The summed E-state index contributed by atoms with van der Waals surface area (Å²) in [5.41, 5.74) is -0.641. The van der Waals surface area contributed by atoms with Gasteiger partial charge < -0.3 is 24.8 Å². The number of pyridine rings is 1. The smallest absolute Gasteiger partial charge is 0.262 e. The summed E-state index contributed by atoms with van der Waals surface area (Å²) in [6, 6.07) is 5.74. The number of carbonyl (C=O) groups excluding carboxylic acids is 1. The number of carbonyl (C=O) groups is 1. The van der Waals surface area contributed by atoms with Crippen molar-refractivity contribution in [1.29, 1.82) is 0 Å². The normalized spacial score (nSPS) is 17.9. The summed E-state index contributed by atoms with van der Waals surface area (Å²) in [5.74, 6) is -4.84. The van der Waals surface area contributed by atoms with Gasteiger partial charge in [0.05, 0.1) is 24.6 Å². The predicted molar refractivity (Wildman–Crippen MR) is 147 cm³/mol. The van der Waals surface area contributed by atoms with E-state index in [2.05, 4.69) is 10.6 Å². The number of anilines is 1. The molecule has 0 saturated carbocycles. The van der Waals surface area contributed by atoms with Crippen LogP contribution in [0.25, 0.3) is 10.9 Å². The van der Waals surface area contributed by atoms with Gasteiger partial charge in [-0.3, -0.25) is 9.59 Å². The number of piperazine rings is 1. The maximum absolute atomic E-state index is 15.7. The molecule has 2 heterocycles. The molecule has 1 aliphatic rings. The number of nitrogens with one attached hydrogen (secondary N) is 2. The summed E-state index contributed by atoms with van der Waals surface area (Å²) in [4.78, 5) is 28.3. The first-order valence-corrected chi connectivity index (χ1v) is 13.1. The van der Waals surface area contributed by atoms with E-state index in [1.807, 2.05) is 13.8 Å². The van der Waals surface area contributed by atoms with Crippen molar-refractivity contribution in [3.63, 3.8) is 0 Å². The molecular formula is C27H29Cl2F3N4O3. The van der Waals surface area contributed by atoms with Crippen LogP contribution in [0.15, 0.2) is 35.3 Å². The van der Waals surface area contributed by atoms with Gasteiger partial charge >= 0.3 is 0 Å². The highest BCUT2D eigenvalue weighted by molar-refractivity contribution is 6.35. The molecule has 0 radical (unpaired) electrons. The number of hydrogen-bond acceptors (Lipinski definition) is 5. The van der Waals surface area contributed by atoms with Crippen LogP contribution in [0.1, 0.15) is 36.7 Å². The number of fused-ring (bicyclic) bond motifs is 1. The van der Waals surface area contributed by atoms with Gasteiger partial charge in [-0.2, -0.15) is 0 Å². The lowest BCUT2D eigenvalue weighted by Crippen LogP contribution is -2.54. The van der Waals surface area contributed by atoms with Crippen molar-refractivity contribution in [3.8, 4) is 5.75 Å². The van der Waals surface area contributed by atoms with Crippen molar-refractivity contribution in [2.24, 2.45) is 0 Å². The molecular weight excluding hydrogens is 556 g/mol. The molecule has 2 N–H and O–H groups in total. The topological polar surface area (TPSA) is 75.6 Å². The van der Waals surface area contributed by atoms with Crippen molar-refractivity contribution in [2.45, 2.75) is 51.9 Å². The number of hydrogen-bond donors (Lipinski definition) is 2. The zero-order chi connectivity index (χ0) is 28.6. The Morgan fingerprint density at radius 2 is 1.87 bits per heavy atom. The van der Waals surface area contributed by atoms with Crippen LogP contribution in [-0.4, -0.2) is 48.7 Å². The molecule has 0 bridgehead atoms. The Balaban J connectivity index is 1.85. The molecule has 1 aliphatic heterocycles. The molecule has 39 heavy (non-hydrogen) atoms. The highest BCUT2D eigenvalue weighted by atomic mass is 35.5. The summed E-state index contributed by atoms with van der Waals surface area (Å²) < 4.78 is 51.0. The molecule has 0 unspecified atom stereocenters. The van der Waals surface area contributed by atoms with Gasteiger partial charge in [0.25, 0.3) is 11.8 Å². The van der Waals surface area contributed by atoms with E-state index in [1.54, 1.807) is 17.0 Å². The van der Waals surface area contributed by atoms with Gasteiger partial charge in [-0.25, -0.2) is 13.2 Å². The SMILES string of the molecule is COc1c(N2C[C@@H](C)N[C@@H](C)C2)c(F)cc2c(=O)c(C(=O)NCc3ccc(Cl)cc3Cl)cn(CC(C)(F)F)c12. The number of nitrogens with zero attached hydrogens (tertiary/aromatic N) is 2. The summed E-state index contributed by atoms with van der Waals surface area (Å²) in [6.45, 7) is 4.56. The number of halogens is 5. The van der Waals surface area contributed by atoms with E-state index in [0.717, 1.165) is 23.8 Å². The number of amides is 1. The third kappa shape index (κ3) is 6.28. The van der Waals surface area contributed by atoms with Crippen molar-refractivity contribution < 1.29 is 22.7 Å². The number of ether oxygens (including phenoxy) is 1. The lowest BCUT2D eigenvalue weighted by molar-refractivity contribution is 0.00480. The predicted octanol–water partition coefficient (Wildman–Crippen LogP) is 5.23. The van der Waals surface area contributed by atoms with E-state index < -0.39 is 35.2 Å². The van der Waals surface area contributed by atoms with E-state index in [1.165, 1.54) is 13.2 Å². The number of rotatable bonds is 7. The molecule has 3 aromatic rings. The Labute approximate surface area is 233 Å². The summed E-state index contributed by atoms with van der Waals surface area (Å²) in [5, 5.41) is 6.41. The van der Waals surface area contributed by atoms with Crippen molar-refractivity contribution in [3.05, 3.63) is 67.7 Å². The number of alkyl halides is 2. The van der Waals surface area contributed by atoms with E-state index >= 15 is 4.39 Å². The van der Waals surface area contributed by atoms with E-state index in [4.69, 9.17) is 27.9 Å². The Bertz CT molecular complexity index is 1470. The van der Waals surface area contributed by atoms with Crippen molar-refractivity contribution in [2.75, 3.05) is 25.1 Å². The van der Waals surface area contributed by atoms with E-state index in [9.17, 15) is 18.4 Å². The zero-order valence-electron chi connectivity index (χ0n) is 21.9. The van der Waals surface area contributed by atoms with Crippen LogP contribution in [0.3, 0.4) is 0 Å². The van der Waals surface area contributed by atoms with Crippen LogP contribution in [0.5, 0.6) is 5.75 Å². The molecule has 7 nitrogen and oxygen atoms in total. The Hall–Kier alpha value is -2.95. The van der Waals surface area contributed by atoms with Crippen LogP contribution in [0.4, 0.5) is 18.9 Å². The Kier molecular flexibility index (Phi) is 8.39. The molecule has 4 rings (SSSR count). The molecule has 2 atom stereocenters. The van der Waals surface area contributed by atoms with Crippen LogP contribution in [-0.2, 0) is 13.1 Å². The van der Waals surface area contributed by atoms with E-state index in [-0.39, 0.29) is 41.0 Å². The summed E-state index contributed by atoms with van der Waals surface area (Å²) >= 11 is 12.1. The van der Waals surface area contributed by atoms with Gasteiger partial charge in [0.2, 0.25) is 5.43 Å². The van der Waals surface area contributed by atoms with Gasteiger partial charge in [-0.05, 0) is 37.6 Å². The van der Waals surface area contributed by atoms with Crippen LogP contribution in [0, 0.1) is 5.82 Å². The minimum absolute atomic E-state index is 0.0171. The number of benzene rings is 2. The van der Waals surface area contributed by atoms with Crippen LogP contribution in [0.2, 0.25) is 10.0 Å². The highest BCUT2D eigenvalue weighted by Crippen LogP contribution is 2.39. The third-order valence-corrected chi connectivity index (χ3v) is 7.06. The molecule has 1 saturated heterocycles. The first-order chi connectivity index (χ1) is 18.3. The molecule has 2 aromatic carbocycles. The second kappa shape index (κ2) is 11.3. The fourth-order valence-corrected chi connectivity index (χ4v) is 5.48.